The molecule has 0 amide bonds. The van der Waals surface area contributed by atoms with Crippen molar-refractivity contribution in [2.75, 3.05) is 0 Å². The average molecular weight is 510 g/mol. The molecule has 5 aromatic rings. The highest BCUT2D eigenvalue weighted by Crippen LogP contribution is 2.36. The molecule has 0 saturated heterocycles. The van der Waals surface area contributed by atoms with Crippen LogP contribution < -0.4 is 5.73 Å². The number of pyridine rings is 1. The molecule has 4 nitrogen and oxygen atoms in total. The molecule has 5 rings (SSSR count). The highest BCUT2D eigenvalue weighted by Gasteiger charge is 2.34. The Morgan fingerprint density at radius 2 is 1.59 bits per heavy atom. The normalized spacial score (nSPS) is 12.3. The second-order valence-corrected chi connectivity index (χ2v) is 8.09. The molecule has 0 aliphatic heterocycles. The molecule has 0 fully saturated rings. The van der Waals surface area contributed by atoms with E-state index in [4.69, 9.17) is 5.73 Å². The van der Waals surface area contributed by atoms with Crippen molar-refractivity contribution in [3.63, 3.8) is 0 Å². The van der Waals surface area contributed by atoms with Crippen LogP contribution in [0.4, 0.5) is 32.0 Å². The summed E-state index contributed by atoms with van der Waals surface area (Å²) >= 11 is 0. The number of nitrogens with zero attached hydrogens (tertiary/aromatic N) is 3. The fourth-order valence-electron chi connectivity index (χ4n) is 4.03. The maximum Gasteiger partial charge on any atom is 0.417 e. The van der Waals surface area contributed by atoms with Crippen LogP contribution in [0.25, 0.3) is 28.0 Å². The number of aliphatic imine (C=N–C) groups is 1. The van der Waals surface area contributed by atoms with Crippen molar-refractivity contribution in [2.24, 2.45) is 10.7 Å². The van der Waals surface area contributed by atoms with Gasteiger partial charge in [-0.15, -0.1) is 0 Å². The number of hydrogen-bond acceptors (Lipinski definition) is 2. The summed E-state index contributed by atoms with van der Waals surface area (Å²) in [6.07, 6.45) is -1.72. The van der Waals surface area contributed by atoms with E-state index in [0.29, 0.717) is 16.6 Å². The van der Waals surface area contributed by atoms with Gasteiger partial charge in [-0.25, -0.2) is 23.1 Å². The largest absolute Gasteiger partial charge is 0.417 e. The Morgan fingerprint density at radius 3 is 2.32 bits per heavy atom. The lowest BCUT2D eigenvalue weighted by Gasteiger charge is -2.15. The zero-order valence-electron chi connectivity index (χ0n) is 18.8. The lowest BCUT2D eigenvalue weighted by molar-refractivity contribution is -0.137. The summed E-state index contributed by atoms with van der Waals surface area (Å²) in [6, 6.07) is 15.2. The van der Waals surface area contributed by atoms with Crippen molar-refractivity contribution >= 4 is 17.0 Å². The van der Waals surface area contributed by atoms with Gasteiger partial charge in [0, 0.05) is 17.3 Å². The average Bonchev–Trinajstić information content (AvgIpc) is 3.30. The molecule has 186 valence electrons. The third-order valence-corrected chi connectivity index (χ3v) is 5.75. The van der Waals surface area contributed by atoms with Gasteiger partial charge in [-0.05, 0) is 60.2 Å². The van der Waals surface area contributed by atoms with Crippen LogP contribution in [0.5, 0.6) is 0 Å². The predicted molar refractivity (Wildman–Crippen MR) is 128 cm³/mol. The molecule has 10 heteroatoms. The molecular formula is C27H16F6N4. The fourth-order valence-corrected chi connectivity index (χ4v) is 4.03. The Morgan fingerprint density at radius 1 is 0.865 bits per heavy atom. The molecule has 3 aromatic carbocycles. The number of halogens is 6. The van der Waals surface area contributed by atoms with Gasteiger partial charge < -0.3 is 5.73 Å². The highest BCUT2D eigenvalue weighted by molar-refractivity contribution is 6.02. The number of alkyl halides is 3. The van der Waals surface area contributed by atoms with E-state index in [-0.39, 0.29) is 22.6 Å². The number of hydrogen-bond donors (Lipinski definition) is 1. The second kappa shape index (κ2) is 9.12. The Bertz CT molecular complexity index is 1650. The van der Waals surface area contributed by atoms with Crippen molar-refractivity contribution in [2.45, 2.75) is 6.18 Å². The Labute approximate surface area is 206 Å². The SMILES string of the molecule is NC(=Nc1ccc(F)cc1)c1cc(-c2cccn3c(-c4cccc(F)c4F)ncc23)ccc1C(F)(F)F. The molecule has 0 unspecified atom stereocenters. The van der Waals surface area contributed by atoms with Gasteiger partial charge in [0.15, 0.2) is 11.6 Å². The summed E-state index contributed by atoms with van der Waals surface area (Å²) < 4.78 is 84.4. The van der Waals surface area contributed by atoms with Crippen LogP contribution >= 0.6 is 0 Å². The molecule has 0 aliphatic carbocycles. The number of imidazole rings is 1. The molecule has 0 bridgehead atoms. The third-order valence-electron chi connectivity index (χ3n) is 5.75. The van der Waals surface area contributed by atoms with Crippen LogP contribution in [0.3, 0.4) is 0 Å². The smallest absolute Gasteiger partial charge is 0.383 e. The van der Waals surface area contributed by atoms with Gasteiger partial charge in [0.25, 0.3) is 0 Å². The van der Waals surface area contributed by atoms with E-state index >= 15 is 0 Å². The number of benzene rings is 3. The minimum atomic E-state index is -4.72. The van der Waals surface area contributed by atoms with E-state index in [2.05, 4.69) is 9.98 Å². The van der Waals surface area contributed by atoms with E-state index in [9.17, 15) is 26.3 Å². The predicted octanol–water partition coefficient (Wildman–Crippen LogP) is 7.14. The lowest BCUT2D eigenvalue weighted by Crippen LogP contribution is -2.20. The van der Waals surface area contributed by atoms with Gasteiger partial charge >= 0.3 is 6.18 Å². The number of rotatable bonds is 4. The van der Waals surface area contributed by atoms with Crippen LogP contribution in [0.1, 0.15) is 11.1 Å². The van der Waals surface area contributed by atoms with E-state index in [1.165, 1.54) is 47.0 Å². The van der Waals surface area contributed by atoms with Crippen LogP contribution in [-0.4, -0.2) is 15.2 Å². The zero-order chi connectivity index (χ0) is 26.3. The van der Waals surface area contributed by atoms with E-state index in [1.54, 1.807) is 18.3 Å². The molecule has 2 heterocycles. The van der Waals surface area contributed by atoms with Gasteiger partial charge in [-0.1, -0.05) is 18.2 Å². The van der Waals surface area contributed by atoms with Crippen molar-refractivity contribution in [1.29, 1.82) is 0 Å². The topological polar surface area (TPSA) is 55.7 Å². The summed E-state index contributed by atoms with van der Waals surface area (Å²) in [5.41, 5.74) is 6.02. The fraction of sp³-hybridized carbons (Fsp3) is 0.0370. The second-order valence-electron chi connectivity index (χ2n) is 8.09. The number of amidine groups is 1. The summed E-state index contributed by atoms with van der Waals surface area (Å²) in [4.78, 5) is 8.26. The van der Waals surface area contributed by atoms with Gasteiger partial charge in [-0.3, -0.25) is 4.40 Å². The molecule has 2 N–H and O–H groups in total. The van der Waals surface area contributed by atoms with Crippen LogP contribution in [0.15, 0.2) is 90.2 Å². The molecule has 0 spiro atoms. The van der Waals surface area contributed by atoms with Crippen molar-refractivity contribution in [3.8, 4) is 22.5 Å². The van der Waals surface area contributed by atoms with Gasteiger partial charge in [-0.2, -0.15) is 13.2 Å². The standard InChI is InChI=1S/C27H16F6N4/c28-16-7-9-17(10-8-16)36-25(34)20-13-15(6-11-21(20)27(31,32)33)18-4-2-12-37-23(18)14-35-26(37)19-3-1-5-22(29)24(19)30/h1-14H,(H2,34,36). The maximum atomic E-state index is 14.4. The maximum absolute atomic E-state index is 14.4. The Kier molecular flexibility index (Phi) is 5.94. The molecule has 0 atom stereocenters. The van der Waals surface area contributed by atoms with Crippen LogP contribution in [0, 0.1) is 17.5 Å². The molecule has 0 aliphatic rings. The van der Waals surface area contributed by atoms with Crippen LogP contribution in [-0.2, 0) is 6.18 Å². The molecule has 0 saturated carbocycles. The number of nitrogens with two attached hydrogens (primary N) is 1. The van der Waals surface area contributed by atoms with Crippen molar-refractivity contribution in [3.05, 3.63) is 114 Å². The summed E-state index contributed by atoms with van der Waals surface area (Å²) in [5, 5.41) is 0. The highest BCUT2D eigenvalue weighted by atomic mass is 19.4. The number of fused-ring (bicyclic) bond motifs is 1. The van der Waals surface area contributed by atoms with Crippen LogP contribution in [0.2, 0.25) is 0 Å². The van der Waals surface area contributed by atoms with Crippen molar-refractivity contribution in [1.82, 2.24) is 9.38 Å². The Balaban J connectivity index is 1.66. The summed E-state index contributed by atoms with van der Waals surface area (Å²) in [7, 11) is 0. The first-order valence-electron chi connectivity index (χ1n) is 10.9. The Hall–Kier alpha value is -4.60. The molecule has 2 aromatic heterocycles. The van der Waals surface area contributed by atoms with Gasteiger partial charge in [0.2, 0.25) is 0 Å². The minimum absolute atomic E-state index is 0.0686. The van der Waals surface area contributed by atoms with E-state index in [1.807, 2.05) is 0 Å². The van der Waals surface area contributed by atoms with Crippen molar-refractivity contribution < 1.29 is 26.3 Å². The van der Waals surface area contributed by atoms with Gasteiger partial charge in [0.1, 0.15) is 17.5 Å². The first-order chi connectivity index (χ1) is 17.6. The lowest BCUT2D eigenvalue weighted by atomic mass is 9.98. The molecule has 37 heavy (non-hydrogen) atoms. The monoisotopic (exact) mass is 510 g/mol. The summed E-state index contributed by atoms with van der Waals surface area (Å²) in [6.45, 7) is 0. The quantitative estimate of drug-likeness (QED) is 0.159. The van der Waals surface area contributed by atoms with E-state index in [0.717, 1.165) is 24.3 Å². The molecular weight excluding hydrogens is 494 g/mol. The first-order valence-corrected chi connectivity index (χ1v) is 10.9. The first kappa shape index (κ1) is 24.1. The third kappa shape index (κ3) is 4.53. The molecule has 0 radical (unpaired) electrons. The van der Waals surface area contributed by atoms with Gasteiger partial charge in [0.05, 0.1) is 28.5 Å². The summed E-state index contributed by atoms with van der Waals surface area (Å²) in [5.74, 6) is -2.92. The zero-order valence-corrected chi connectivity index (χ0v) is 18.8. The number of aromatic nitrogens is 2. The minimum Gasteiger partial charge on any atom is -0.383 e. The van der Waals surface area contributed by atoms with E-state index < -0.39 is 35.0 Å².